The lowest BCUT2D eigenvalue weighted by Gasteiger charge is -2.10. The predicted octanol–water partition coefficient (Wildman–Crippen LogP) is 6.04. The normalized spacial score (nSPS) is 13.7. The molecule has 4 aromatic rings. The van der Waals surface area contributed by atoms with Crippen LogP contribution in [0.4, 0.5) is 14.5 Å². The highest BCUT2D eigenvalue weighted by molar-refractivity contribution is 5.79. The van der Waals surface area contributed by atoms with Crippen LogP contribution in [0.5, 0.6) is 5.75 Å². The Balaban J connectivity index is 0.000000142. The van der Waals surface area contributed by atoms with E-state index in [1.807, 2.05) is 18.2 Å². The number of phenols is 1. The fraction of sp³-hybridized carbons (Fsp3) is 0.214. The van der Waals surface area contributed by atoms with Gasteiger partial charge in [0.25, 0.3) is 0 Å². The van der Waals surface area contributed by atoms with Crippen LogP contribution in [0.1, 0.15) is 35.1 Å². The Morgan fingerprint density at radius 1 is 0.676 bits per heavy atom. The highest BCUT2D eigenvalue weighted by Crippen LogP contribution is 2.38. The van der Waals surface area contributed by atoms with Crippen LogP contribution < -0.4 is 5.73 Å². The second-order valence-electron chi connectivity index (χ2n) is 8.71. The third-order valence-corrected chi connectivity index (χ3v) is 6.65. The first-order valence-electron chi connectivity index (χ1n) is 11.5. The first-order valence-corrected chi connectivity index (χ1v) is 11.5. The van der Waals surface area contributed by atoms with Gasteiger partial charge in [0.15, 0.2) is 0 Å². The van der Waals surface area contributed by atoms with Crippen LogP contribution in [0.3, 0.4) is 0 Å². The lowest BCUT2D eigenvalue weighted by molar-refractivity contribution is 0.471. The average molecular weight is 458 g/mol. The largest absolute Gasteiger partial charge is 0.507 e. The fourth-order valence-corrected chi connectivity index (χ4v) is 4.97. The number of hydrogen-bond acceptors (Lipinski definition) is 4. The number of hydrogen-bond donors (Lipinski definition) is 2. The number of aryl methyl sites for hydroxylation is 2. The molecule has 0 saturated heterocycles. The number of nitrogens with zero attached hydrogens (tertiary/aromatic N) is 2. The molecule has 0 radical (unpaired) electrons. The predicted molar refractivity (Wildman–Crippen MR) is 129 cm³/mol. The summed E-state index contributed by atoms with van der Waals surface area (Å²) in [6.07, 6.45) is 9.18. The van der Waals surface area contributed by atoms with Crippen molar-refractivity contribution in [2.75, 3.05) is 5.73 Å². The quantitative estimate of drug-likeness (QED) is 0.284. The van der Waals surface area contributed by atoms with Crippen molar-refractivity contribution in [2.24, 2.45) is 0 Å². The topological polar surface area (TPSA) is 72.0 Å². The number of fused-ring (bicyclic) bond motifs is 2. The second-order valence-corrected chi connectivity index (χ2v) is 8.71. The van der Waals surface area contributed by atoms with Gasteiger partial charge in [-0.3, -0.25) is 0 Å². The van der Waals surface area contributed by atoms with E-state index < -0.39 is 11.9 Å². The van der Waals surface area contributed by atoms with E-state index in [-0.39, 0.29) is 0 Å². The van der Waals surface area contributed by atoms with E-state index in [1.54, 1.807) is 12.1 Å². The molecule has 2 aromatic heterocycles. The number of anilines is 1. The molecule has 0 bridgehead atoms. The molecule has 2 aliphatic rings. The van der Waals surface area contributed by atoms with Gasteiger partial charge in [0.2, 0.25) is 11.9 Å². The van der Waals surface area contributed by atoms with Crippen molar-refractivity contribution in [2.45, 2.75) is 38.5 Å². The number of rotatable bonds is 2. The maximum Gasteiger partial charge on any atom is 0.213 e. The molecule has 2 aliphatic carbocycles. The number of aromatic hydroxyl groups is 1. The maximum absolute atomic E-state index is 13.1. The number of pyridine rings is 2. The van der Waals surface area contributed by atoms with Crippen molar-refractivity contribution >= 4 is 5.69 Å². The third-order valence-electron chi connectivity index (χ3n) is 6.65. The van der Waals surface area contributed by atoms with Gasteiger partial charge in [-0.05, 0) is 84.0 Å². The van der Waals surface area contributed by atoms with E-state index in [2.05, 4.69) is 16.0 Å². The Bertz CT molecular complexity index is 1270. The van der Waals surface area contributed by atoms with Gasteiger partial charge in [-0.2, -0.15) is 8.78 Å². The molecule has 4 nitrogen and oxygen atoms in total. The maximum atomic E-state index is 13.1. The van der Waals surface area contributed by atoms with Crippen LogP contribution in [-0.2, 0) is 25.7 Å². The molecular weight excluding hydrogens is 432 g/mol. The summed E-state index contributed by atoms with van der Waals surface area (Å²) in [6, 6.07) is 14.2. The summed E-state index contributed by atoms with van der Waals surface area (Å²) in [5, 5.41) is 10.2. The molecule has 6 rings (SSSR count). The summed E-state index contributed by atoms with van der Waals surface area (Å²) in [7, 11) is 0. The molecule has 0 saturated carbocycles. The molecule has 0 atom stereocenters. The van der Waals surface area contributed by atoms with Crippen LogP contribution in [-0.4, -0.2) is 15.1 Å². The number of halogens is 2. The average Bonchev–Trinajstić information content (AvgIpc) is 3.50. The number of aromatic nitrogens is 2. The monoisotopic (exact) mass is 457 g/mol. The van der Waals surface area contributed by atoms with E-state index in [9.17, 15) is 13.9 Å². The summed E-state index contributed by atoms with van der Waals surface area (Å²) in [5.74, 6) is -0.699. The van der Waals surface area contributed by atoms with E-state index in [0.29, 0.717) is 16.9 Å². The molecule has 2 heterocycles. The Hall–Kier alpha value is -3.80. The first-order chi connectivity index (χ1) is 16.5. The van der Waals surface area contributed by atoms with Gasteiger partial charge in [-0.1, -0.05) is 24.3 Å². The van der Waals surface area contributed by atoms with Crippen LogP contribution in [0, 0.1) is 11.9 Å². The zero-order chi connectivity index (χ0) is 23.7. The summed E-state index contributed by atoms with van der Waals surface area (Å²) >= 11 is 0. The van der Waals surface area contributed by atoms with E-state index in [1.165, 1.54) is 41.2 Å². The molecule has 6 heteroatoms. The summed E-state index contributed by atoms with van der Waals surface area (Å²) in [5.41, 5.74) is 14.8. The lowest BCUT2D eigenvalue weighted by atomic mass is 9.98. The van der Waals surface area contributed by atoms with Gasteiger partial charge >= 0.3 is 0 Å². The van der Waals surface area contributed by atoms with E-state index in [4.69, 9.17) is 5.73 Å². The minimum atomic E-state index is -0.526. The highest BCUT2D eigenvalue weighted by Gasteiger charge is 2.18. The molecule has 3 N–H and O–H groups in total. The van der Waals surface area contributed by atoms with Crippen molar-refractivity contribution in [3.63, 3.8) is 0 Å². The van der Waals surface area contributed by atoms with Crippen LogP contribution >= 0.6 is 0 Å². The molecule has 0 unspecified atom stereocenters. The molecule has 0 amide bonds. The summed E-state index contributed by atoms with van der Waals surface area (Å²) in [4.78, 5) is 7.08. The van der Waals surface area contributed by atoms with Crippen molar-refractivity contribution in [1.29, 1.82) is 0 Å². The molecular formula is C28H25F2N3O. The minimum absolute atomic E-state index is 0.297. The fourth-order valence-electron chi connectivity index (χ4n) is 4.97. The molecule has 0 spiro atoms. The number of benzene rings is 2. The smallest absolute Gasteiger partial charge is 0.213 e. The Morgan fingerprint density at radius 3 is 1.82 bits per heavy atom. The highest BCUT2D eigenvalue weighted by atomic mass is 19.1. The summed E-state index contributed by atoms with van der Waals surface area (Å²) in [6.45, 7) is 0. The van der Waals surface area contributed by atoms with Crippen molar-refractivity contribution in [3.05, 3.63) is 95.1 Å². The Morgan fingerprint density at radius 2 is 1.21 bits per heavy atom. The van der Waals surface area contributed by atoms with Gasteiger partial charge in [0.05, 0.1) is 0 Å². The number of phenolic OH excluding ortho intramolecular Hbond substituents is 1. The molecule has 2 aromatic carbocycles. The second kappa shape index (κ2) is 9.21. The zero-order valence-electron chi connectivity index (χ0n) is 18.7. The standard InChI is InChI=1S/C14H13FN2.C14H12FNO/c15-13-8-10(6-7-17-13)12-5-4-9-2-1-3-11(9)14(12)16;15-13-8-10(6-7-16-13)12-5-4-9-2-1-3-11(9)14(12)17/h4-8H,1-3,16H2;4-8,17H,1-3H2. The Kier molecular flexibility index (Phi) is 5.97. The van der Waals surface area contributed by atoms with Crippen molar-refractivity contribution in [3.8, 4) is 28.0 Å². The van der Waals surface area contributed by atoms with Gasteiger partial charge in [0, 0.05) is 41.3 Å². The van der Waals surface area contributed by atoms with Gasteiger partial charge < -0.3 is 10.8 Å². The lowest BCUT2D eigenvalue weighted by Crippen LogP contribution is -1.97. The van der Waals surface area contributed by atoms with Crippen LogP contribution in [0.25, 0.3) is 22.3 Å². The first kappa shape index (κ1) is 22.0. The number of nitrogen functional groups attached to an aromatic ring is 1. The molecule has 0 aliphatic heterocycles. The van der Waals surface area contributed by atoms with Crippen LogP contribution in [0.2, 0.25) is 0 Å². The van der Waals surface area contributed by atoms with Crippen molar-refractivity contribution < 1.29 is 13.9 Å². The molecule has 34 heavy (non-hydrogen) atoms. The van der Waals surface area contributed by atoms with Crippen LogP contribution in [0.15, 0.2) is 60.9 Å². The Labute approximate surface area is 197 Å². The van der Waals surface area contributed by atoms with Gasteiger partial charge in [-0.25, -0.2) is 9.97 Å². The molecule has 172 valence electrons. The number of nitrogens with two attached hydrogens (primary N) is 1. The van der Waals surface area contributed by atoms with Gasteiger partial charge in [-0.15, -0.1) is 0 Å². The SMILES string of the molecule is Nc1c(-c2ccnc(F)c2)ccc2c1CCC2.Oc1c(-c2ccnc(F)c2)ccc2c1CCC2. The molecule has 0 fully saturated rings. The van der Waals surface area contributed by atoms with E-state index >= 15 is 0 Å². The summed E-state index contributed by atoms with van der Waals surface area (Å²) < 4.78 is 26.2. The third kappa shape index (κ3) is 4.23. The van der Waals surface area contributed by atoms with Gasteiger partial charge in [0.1, 0.15) is 5.75 Å². The van der Waals surface area contributed by atoms with Crippen molar-refractivity contribution in [1.82, 2.24) is 9.97 Å². The zero-order valence-corrected chi connectivity index (χ0v) is 18.7. The minimum Gasteiger partial charge on any atom is -0.507 e. The van der Waals surface area contributed by atoms with E-state index in [0.717, 1.165) is 60.9 Å².